The molecule has 16 heavy (non-hydrogen) atoms. The van der Waals surface area contributed by atoms with E-state index in [9.17, 15) is 4.39 Å². The van der Waals surface area contributed by atoms with Gasteiger partial charge in [-0.15, -0.1) is 0 Å². The van der Waals surface area contributed by atoms with Crippen molar-refractivity contribution in [2.75, 3.05) is 13.1 Å². The number of likely N-dealkylation sites (N-methyl/N-ethyl adjacent to an activating group) is 1. The van der Waals surface area contributed by atoms with Crippen molar-refractivity contribution in [3.63, 3.8) is 0 Å². The third-order valence-corrected chi connectivity index (χ3v) is 2.65. The lowest BCUT2D eigenvalue weighted by atomic mass is 10.2. The van der Waals surface area contributed by atoms with Crippen LogP contribution in [0.15, 0.2) is 18.2 Å². The van der Waals surface area contributed by atoms with E-state index in [1.54, 1.807) is 6.07 Å². The highest BCUT2D eigenvalue weighted by Gasteiger charge is 2.03. The SMILES string of the molecule is CCNCC(C)NCc1ccc(Cl)c(F)c1. The fourth-order valence-corrected chi connectivity index (χ4v) is 1.49. The molecule has 0 bridgehead atoms. The van der Waals surface area contributed by atoms with Gasteiger partial charge in [-0.05, 0) is 31.2 Å². The van der Waals surface area contributed by atoms with Crippen LogP contribution >= 0.6 is 11.6 Å². The Bertz CT molecular complexity index is 331. The van der Waals surface area contributed by atoms with E-state index in [1.165, 1.54) is 6.07 Å². The van der Waals surface area contributed by atoms with Gasteiger partial charge in [0, 0.05) is 19.1 Å². The molecule has 1 atom stereocenters. The summed E-state index contributed by atoms with van der Waals surface area (Å²) in [5.41, 5.74) is 0.908. The summed E-state index contributed by atoms with van der Waals surface area (Å²) >= 11 is 5.61. The minimum atomic E-state index is -0.361. The summed E-state index contributed by atoms with van der Waals surface area (Å²) in [6.45, 7) is 6.69. The highest BCUT2D eigenvalue weighted by atomic mass is 35.5. The number of nitrogens with one attached hydrogen (secondary N) is 2. The van der Waals surface area contributed by atoms with Gasteiger partial charge in [-0.25, -0.2) is 4.39 Å². The summed E-state index contributed by atoms with van der Waals surface area (Å²) in [5, 5.41) is 6.73. The van der Waals surface area contributed by atoms with Crippen LogP contribution in [0.25, 0.3) is 0 Å². The van der Waals surface area contributed by atoms with E-state index in [-0.39, 0.29) is 10.8 Å². The molecule has 1 unspecified atom stereocenters. The van der Waals surface area contributed by atoms with Crippen LogP contribution in [-0.4, -0.2) is 19.1 Å². The van der Waals surface area contributed by atoms with E-state index in [1.807, 2.05) is 6.07 Å². The molecule has 2 nitrogen and oxygen atoms in total. The number of halogens is 2. The summed E-state index contributed by atoms with van der Waals surface area (Å²) in [7, 11) is 0. The third-order valence-electron chi connectivity index (χ3n) is 2.34. The molecule has 1 aromatic rings. The third kappa shape index (κ3) is 4.47. The van der Waals surface area contributed by atoms with Crippen molar-refractivity contribution < 1.29 is 4.39 Å². The van der Waals surface area contributed by atoms with Crippen LogP contribution < -0.4 is 10.6 Å². The van der Waals surface area contributed by atoms with Crippen molar-refractivity contribution in [2.45, 2.75) is 26.4 Å². The molecule has 1 rings (SSSR count). The van der Waals surface area contributed by atoms with Gasteiger partial charge in [0.2, 0.25) is 0 Å². The lowest BCUT2D eigenvalue weighted by Crippen LogP contribution is -2.35. The Labute approximate surface area is 101 Å². The van der Waals surface area contributed by atoms with Gasteiger partial charge in [-0.2, -0.15) is 0 Å². The smallest absolute Gasteiger partial charge is 0.142 e. The van der Waals surface area contributed by atoms with Crippen LogP contribution in [-0.2, 0) is 6.54 Å². The lowest BCUT2D eigenvalue weighted by Gasteiger charge is -2.14. The minimum Gasteiger partial charge on any atom is -0.315 e. The molecular formula is C12H18ClFN2. The predicted octanol–water partition coefficient (Wildman–Crippen LogP) is 2.57. The maximum absolute atomic E-state index is 13.1. The zero-order valence-corrected chi connectivity index (χ0v) is 10.4. The summed E-state index contributed by atoms with van der Waals surface area (Å²) in [5.74, 6) is -0.361. The van der Waals surface area contributed by atoms with Crippen molar-refractivity contribution in [1.82, 2.24) is 10.6 Å². The van der Waals surface area contributed by atoms with Crippen molar-refractivity contribution in [2.24, 2.45) is 0 Å². The largest absolute Gasteiger partial charge is 0.315 e. The Morgan fingerprint density at radius 1 is 1.44 bits per heavy atom. The van der Waals surface area contributed by atoms with Crippen molar-refractivity contribution >= 4 is 11.6 Å². The van der Waals surface area contributed by atoms with Gasteiger partial charge in [0.25, 0.3) is 0 Å². The molecule has 0 amide bonds. The van der Waals surface area contributed by atoms with Crippen LogP contribution in [0.3, 0.4) is 0 Å². The van der Waals surface area contributed by atoms with E-state index in [2.05, 4.69) is 24.5 Å². The molecule has 0 spiro atoms. The van der Waals surface area contributed by atoms with Crippen molar-refractivity contribution in [1.29, 1.82) is 0 Å². The van der Waals surface area contributed by atoms with Gasteiger partial charge in [0.05, 0.1) is 5.02 Å². The van der Waals surface area contributed by atoms with E-state index < -0.39 is 0 Å². The Morgan fingerprint density at radius 3 is 2.81 bits per heavy atom. The number of hydrogen-bond donors (Lipinski definition) is 2. The first kappa shape index (κ1) is 13.4. The summed E-state index contributed by atoms with van der Waals surface area (Å²) in [6.07, 6.45) is 0. The highest BCUT2D eigenvalue weighted by Crippen LogP contribution is 2.15. The number of benzene rings is 1. The van der Waals surface area contributed by atoms with Gasteiger partial charge in [-0.3, -0.25) is 0 Å². The molecule has 2 N–H and O–H groups in total. The van der Waals surface area contributed by atoms with Crippen LogP contribution in [0.5, 0.6) is 0 Å². The van der Waals surface area contributed by atoms with Gasteiger partial charge in [0.1, 0.15) is 5.82 Å². The molecule has 1 aromatic carbocycles. The number of rotatable bonds is 6. The average molecular weight is 245 g/mol. The summed E-state index contributed by atoms with van der Waals surface area (Å²) < 4.78 is 13.1. The second-order valence-corrected chi connectivity index (χ2v) is 4.25. The van der Waals surface area contributed by atoms with E-state index in [4.69, 9.17) is 11.6 Å². The molecule has 0 aliphatic carbocycles. The monoisotopic (exact) mass is 244 g/mol. The maximum atomic E-state index is 13.1. The van der Waals surface area contributed by atoms with E-state index in [0.717, 1.165) is 18.7 Å². The normalized spacial score (nSPS) is 12.8. The predicted molar refractivity (Wildman–Crippen MR) is 66.3 cm³/mol. The fraction of sp³-hybridized carbons (Fsp3) is 0.500. The summed E-state index contributed by atoms with van der Waals surface area (Å²) in [6, 6.07) is 5.25. The van der Waals surface area contributed by atoms with Crippen molar-refractivity contribution in [3.05, 3.63) is 34.6 Å². The van der Waals surface area contributed by atoms with Gasteiger partial charge >= 0.3 is 0 Å². The molecule has 0 radical (unpaired) electrons. The standard InChI is InChI=1S/C12H18ClFN2/c1-3-15-7-9(2)16-8-10-4-5-11(13)12(14)6-10/h4-6,9,15-16H,3,7-8H2,1-2H3. The van der Waals surface area contributed by atoms with Gasteiger partial charge < -0.3 is 10.6 Å². The maximum Gasteiger partial charge on any atom is 0.142 e. The molecule has 0 heterocycles. The van der Waals surface area contributed by atoms with E-state index in [0.29, 0.717) is 12.6 Å². The molecule has 0 fully saturated rings. The van der Waals surface area contributed by atoms with Crippen LogP contribution in [0.2, 0.25) is 5.02 Å². The van der Waals surface area contributed by atoms with Crippen LogP contribution in [0.1, 0.15) is 19.4 Å². The van der Waals surface area contributed by atoms with Crippen molar-refractivity contribution in [3.8, 4) is 0 Å². The zero-order valence-electron chi connectivity index (χ0n) is 9.69. The second kappa shape index (κ2) is 6.84. The minimum absolute atomic E-state index is 0.171. The zero-order chi connectivity index (χ0) is 12.0. The Hall–Kier alpha value is -0.640. The first-order valence-corrected chi connectivity index (χ1v) is 5.89. The molecule has 0 aliphatic rings. The molecule has 0 aromatic heterocycles. The average Bonchev–Trinajstić information content (AvgIpc) is 2.28. The lowest BCUT2D eigenvalue weighted by molar-refractivity contribution is 0.507. The Balaban J connectivity index is 2.39. The van der Waals surface area contributed by atoms with Crippen LogP contribution in [0.4, 0.5) is 4.39 Å². The fourth-order valence-electron chi connectivity index (χ4n) is 1.37. The Kier molecular flexibility index (Phi) is 5.74. The molecule has 0 saturated carbocycles. The first-order valence-electron chi connectivity index (χ1n) is 5.51. The molecule has 4 heteroatoms. The van der Waals surface area contributed by atoms with Gasteiger partial charge in [-0.1, -0.05) is 24.6 Å². The molecule has 0 aliphatic heterocycles. The topological polar surface area (TPSA) is 24.1 Å². The summed E-state index contributed by atoms with van der Waals surface area (Å²) in [4.78, 5) is 0. The molecule has 0 saturated heterocycles. The second-order valence-electron chi connectivity index (χ2n) is 3.84. The molecular weight excluding hydrogens is 227 g/mol. The first-order chi connectivity index (χ1) is 7.63. The van der Waals surface area contributed by atoms with Gasteiger partial charge in [0.15, 0.2) is 0 Å². The quantitative estimate of drug-likeness (QED) is 0.804. The van der Waals surface area contributed by atoms with Crippen LogP contribution in [0, 0.1) is 5.82 Å². The molecule has 90 valence electrons. The highest BCUT2D eigenvalue weighted by molar-refractivity contribution is 6.30. The Morgan fingerprint density at radius 2 is 2.19 bits per heavy atom. The van der Waals surface area contributed by atoms with E-state index >= 15 is 0 Å². The number of hydrogen-bond acceptors (Lipinski definition) is 2.